The lowest BCUT2D eigenvalue weighted by molar-refractivity contribution is -0.0332. The van der Waals surface area contributed by atoms with Crippen molar-refractivity contribution in [1.29, 1.82) is 0 Å². The molecule has 0 bridgehead atoms. The van der Waals surface area contributed by atoms with Gasteiger partial charge >= 0.3 is 0 Å². The van der Waals surface area contributed by atoms with Crippen LogP contribution in [0.5, 0.6) is 11.5 Å². The van der Waals surface area contributed by atoms with E-state index in [-0.39, 0.29) is 34.8 Å². The van der Waals surface area contributed by atoms with Gasteiger partial charge in [-0.3, -0.25) is 9.59 Å². The number of ketones is 2. The summed E-state index contributed by atoms with van der Waals surface area (Å²) in [6, 6.07) is 6.94. The van der Waals surface area contributed by atoms with Crippen molar-refractivity contribution in [3.63, 3.8) is 0 Å². The molecule has 2 aliphatic rings. The number of fused-ring (bicyclic) bond motifs is 3. The Bertz CT molecular complexity index is 1050. The van der Waals surface area contributed by atoms with Crippen molar-refractivity contribution in [2.75, 3.05) is 6.61 Å². The normalized spacial score (nSPS) is 20.7. The Kier molecular flexibility index (Phi) is 3.62. The first kappa shape index (κ1) is 17.3. The van der Waals surface area contributed by atoms with Gasteiger partial charge < -0.3 is 25.2 Å². The maximum absolute atomic E-state index is 13.1. The lowest BCUT2D eigenvalue weighted by Crippen LogP contribution is -2.39. The van der Waals surface area contributed by atoms with E-state index in [9.17, 15) is 30.0 Å². The lowest BCUT2D eigenvalue weighted by Gasteiger charge is -2.38. The van der Waals surface area contributed by atoms with E-state index in [1.165, 1.54) is 0 Å². The molecule has 2 aromatic carbocycles. The zero-order chi connectivity index (χ0) is 19.5. The van der Waals surface area contributed by atoms with Gasteiger partial charge in [0.15, 0.2) is 17.1 Å². The average Bonchev–Trinajstić information content (AvgIpc) is 2.65. The molecule has 1 aliphatic carbocycles. The van der Waals surface area contributed by atoms with E-state index in [4.69, 9.17) is 4.74 Å². The van der Waals surface area contributed by atoms with Crippen molar-refractivity contribution < 1.29 is 34.8 Å². The highest BCUT2D eigenvalue weighted by molar-refractivity contribution is 6.41. The van der Waals surface area contributed by atoms with Gasteiger partial charge in [-0.1, -0.05) is 12.1 Å². The second kappa shape index (κ2) is 5.67. The first-order valence-electron chi connectivity index (χ1n) is 8.25. The largest absolute Gasteiger partial charge is 0.508 e. The SMILES string of the molecule is C[C@@]1(CO)OC2=C(C(=O)c3cc(O)cc(O)c3C2=O)c2cc(CO)ccc21. The Morgan fingerprint density at radius 2 is 1.74 bits per heavy atom. The standard InChI is InChI=1S/C20H16O7/c1-20(8-22)13-3-2-9(7-21)4-11(13)16-17(25)12-5-10(23)6-14(24)15(12)18(26)19(16)27-20/h2-6,21-24H,7-8H2,1H3/t20-/m0/s1. The van der Waals surface area contributed by atoms with Crippen LogP contribution in [0, 0.1) is 0 Å². The Hall–Kier alpha value is -3.16. The number of phenols is 2. The highest BCUT2D eigenvalue weighted by Gasteiger charge is 2.46. The summed E-state index contributed by atoms with van der Waals surface area (Å²) < 4.78 is 5.77. The summed E-state index contributed by atoms with van der Waals surface area (Å²) in [6.07, 6.45) is 0. The summed E-state index contributed by atoms with van der Waals surface area (Å²) in [4.78, 5) is 26.1. The third-order valence-corrected chi connectivity index (χ3v) is 4.97. The predicted octanol–water partition coefficient (Wildman–Crippen LogP) is 1.62. The lowest BCUT2D eigenvalue weighted by atomic mass is 9.77. The summed E-state index contributed by atoms with van der Waals surface area (Å²) in [6.45, 7) is 0.857. The highest BCUT2D eigenvalue weighted by atomic mass is 16.5. The molecule has 0 aromatic heterocycles. The second-order valence-electron chi connectivity index (χ2n) is 6.78. The van der Waals surface area contributed by atoms with Gasteiger partial charge in [-0.2, -0.15) is 0 Å². The Balaban J connectivity index is 2.05. The first-order chi connectivity index (χ1) is 12.8. The van der Waals surface area contributed by atoms with Crippen LogP contribution in [-0.2, 0) is 16.9 Å². The zero-order valence-electron chi connectivity index (χ0n) is 14.3. The quantitative estimate of drug-likeness (QED) is 0.635. The number of hydrogen-bond acceptors (Lipinski definition) is 7. The van der Waals surface area contributed by atoms with Crippen LogP contribution in [-0.4, -0.2) is 38.6 Å². The van der Waals surface area contributed by atoms with Gasteiger partial charge in [0.05, 0.1) is 24.4 Å². The molecule has 0 saturated carbocycles. The van der Waals surface area contributed by atoms with Gasteiger partial charge in [0.25, 0.3) is 0 Å². The summed E-state index contributed by atoms with van der Waals surface area (Å²) in [5, 5.41) is 39.2. The zero-order valence-corrected chi connectivity index (χ0v) is 14.3. The predicted molar refractivity (Wildman–Crippen MR) is 93.2 cm³/mol. The number of allylic oxidation sites excluding steroid dienone is 2. The van der Waals surface area contributed by atoms with Gasteiger partial charge in [-0.15, -0.1) is 0 Å². The third-order valence-electron chi connectivity index (χ3n) is 4.97. The number of benzene rings is 2. The molecule has 0 radical (unpaired) electrons. The maximum Gasteiger partial charge on any atom is 0.232 e. The van der Waals surface area contributed by atoms with E-state index in [0.29, 0.717) is 16.7 Å². The second-order valence-corrected chi connectivity index (χ2v) is 6.78. The molecule has 4 rings (SSSR count). The fourth-order valence-corrected chi connectivity index (χ4v) is 3.59. The van der Waals surface area contributed by atoms with Gasteiger partial charge in [0, 0.05) is 17.2 Å². The number of rotatable bonds is 2. The molecule has 1 aliphatic heterocycles. The molecule has 0 fully saturated rings. The van der Waals surface area contributed by atoms with Crippen LogP contribution in [0.25, 0.3) is 5.57 Å². The van der Waals surface area contributed by atoms with Crippen molar-refractivity contribution in [1.82, 2.24) is 0 Å². The van der Waals surface area contributed by atoms with Crippen LogP contribution in [0.15, 0.2) is 36.1 Å². The van der Waals surface area contributed by atoms with E-state index in [1.54, 1.807) is 25.1 Å². The Labute approximate surface area is 153 Å². The molecule has 1 heterocycles. The number of hydrogen-bond donors (Lipinski definition) is 4. The monoisotopic (exact) mass is 368 g/mol. The van der Waals surface area contributed by atoms with Crippen LogP contribution in [0.1, 0.15) is 44.3 Å². The number of carbonyl (C=O) groups is 2. The van der Waals surface area contributed by atoms with Crippen molar-refractivity contribution in [2.45, 2.75) is 19.1 Å². The number of aliphatic hydroxyl groups excluding tert-OH is 2. The molecule has 1 atom stereocenters. The van der Waals surface area contributed by atoms with Crippen LogP contribution >= 0.6 is 0 Å². The third kappa shape index (κ3) is 2.29. The van der Waals surface area contributed by atoms with Gasteiger partial charge in [-0.05, 0) is 30.2 Å². The highest BCUT2D eigenvalue weighted by Crippen LogP contribution is 2.47. The van der Waals surface area contributed by atoms with Crippen LogP contribution < -0.4 is 0 Å². The molecule has 7 nitrogen and oxygen atoms in total. The molecule has 0 unspecified atom stereocenters. The summed E-state index contributed by atoms with van der Waals surface area (Å²) in [7, 11) is 0. The van der Waals surface area contributed by atoms with Crippen molar-refractivity contribution in [3.8, 4) is 11.5 Å². The number of ether oxygens (including phenoxy) is 1. The summed E-state index contributed by atoms with van der Waals surface area (Å²) in [5.41, 5.74) is -0.295. The minimum absolute atomic E-state index is 0.0197. The number of Topliss-reactive ketones (excluding diaryl/α,β-unsaturated/α-hetero) is 2. The van der Waals surface area contributed by atoms with E-state index in [2.05, 4.69) is 0 Å². The fourth-order valence-electron chi connectivity index (χ4n) is 3.59. The van der Waals surface area contributed by atoms with Crippen molar-refractivity contribution >= 4 is 17.1 Å². The topological polar surface area (TPSA) is 124 Å². The van der Waals surface area contributed by atoms with Crippen LogP contribution in [0.3, 0.4) is 0 Å². The molecule has 0 spiro atoms. The van der Waals surface area contributed by atoms with E-state index in [1.807, 2.05) is 0 Å². The Morgan fingerprint density at radius 1 is 1.00 bits per heavy atom. The fraction of sp³-hybridized carbons (Fsp3) is 0.200. The van der Waals surface area contributed by atoms with Crippen LogP contribution in [0.4, 0.5) is 0 Å². The molecule has 0 amide bonds. The van der Waals surface area contributed by atoms with Gasteiger partial charge in [0.1, 0.15) is 11.5 Å². The van der Waals surface area contributed by atoms with Crippen molar-refractivity contribution in [3.05, 3.63) is 63.9 Å². The first-order valence-corrected chi connectivity index (χ1v) is 8.25. The molecule has 2 aromatic rings. The van der Waals surface area contributed by atoms with E-state index >= 15 is 0 Å². The number of carbonyl (C=O) groups excluding carboxylic acids is 2. The van der Waals surface area contributed by atoms with Crippen molar-refractivity contribution in [2.24, 2.45) is 0 Å². The summed E-state index contributed by atoms with van der Waals surface area (Å²) in [5.74, 6) is -2.46. The minimum atomic E-state index is -1.28. The van der Waals surface area contributed by atoms with E-state index in [0.717, 1.165) is 12.1 Å². The number of aromatic hydroxyl groups is 2. The molecule has 4 N–H and O–H groups in total. The average molecular weight is 368 g/mol. The minimum Gasteiger partial charge on any atom is -0.508 e. The molecular weight excluding hydrogens is 352 g/mol. The van der Waals surface area contributed by atoms with Crippen LogP contribution in [0.2, 0.25) is 0 Å². The number of aliphatic hydroxyl groups is 2. The summed E-state index contributed by atoms with van der Waals surface area (Å²) >= 11 is 0. The molecule has 27 heavy (non-hydrogen) atoms. The van der Waals surface area contributed by atoms with Gasteiger partial charge in [0.2, 0.25) is 5.78 Å². The molecule has 0 saturated heterocycles. The molecule has 7 heteroatoms. The smallest absolute Gasteiger partial charge is 0.232 e. The maximum atomic E-state index is 13.1. The Morgan fingerprint density at radius 3 is 2.41 bits per heavy atom. The van der Waals surface area contributed by atoms with Gasteiger partial charge in [-0.25, -0.2) is 0 Å². The molecular formula is C20H16O7. The van der Waals surface area contributed by atoms with E-state index < -0.39 is 29.5 Å². The molecule has 138 valence electrons. The number of phenolic OH excluding ortho intramolecular Hbond substituents is 2.